The molecule has 0 aliphatic rings. The molecule has 0 unspecified atom stereocenters. The Morgan fingerprint density at radius 3 is 2.94 bits per heavy atom. The van der Waals surface area contributed by atoms with E-state index in [1.165, 1.54) is 0 Å². The average Bonchev–Trinajstić information content (AvgIpc) is 3.10. The Hall–Kier alpha value is -2.56. The molecule has 0 amide bonds. The van der Waals surface area contributed by atoms with E-state index < -0.39 is 0 Å². The predicted molar refractivity (Wildman–Crippen MR) is 69.9 cm³/mol. The molecule has 0 atom stereocenters. The van der Waals surface area contributed by atoms with E-state index in [4.69, 9.17) is 0 Å². The third-order valence-corrected chi connectivity index (χ3v) is 2.69. The van der Waals surface area contributed by atoms with Gasteiger partial charge in [-0.2, -0.15) is 5.10 Å². The SMILES string of the molecule is c1cc(NCc2ncc[nH]2)cc(-c2ccn[nH]2)c1. The zero-order valence-electron chi connectivity index (χ0n) is 9.72. The average molecular weight is 239 g/mol. The minimum absolute atomic E-state index is 0.680. The van der Waals surface area contributed by atoms with Gasteiger partial charge in [0.05, 0.1) is 12.2 Å². The van der Waals surface area contributed by atoms with Crippen LogP contribution in [-0.4, -0.2) is 20.2 Å². The van der Waals surface area contributed by atoms with Gasteiger partial charge < -0.3 is 10.3 Å². The zero-order chi connectivity index (χ0) is 12.2. The molecule has 0 saturated carbocycles. The van der Waals surface area contributed by atoms with Crippen molar-refractivity contribution in [3.05, 3.63) is 54.7 Å². The number of nitrogens with one attached hydrogen (secondary N) is 3. The summed E-state index contributed by atoms with van der Waals surface area (Å²) in [5.74, 6) is 0.918. The van der Waals surface area contributed by atoms with Gasteiger partial charge in [0.25, 0.3) is 0 Å². The number of rotatable bonds is 4. The Morgan fingerprint density at radius 2 is 2.17 bits per heavy atom. The number of aromatic nitrogens is 4. The van der Waals surface area contributed by atoms with Gasteiger partial charge in [-0.15, -0.1) is 0 Å². The molecular formula is C13H13N5. The first-order valence-electron chi connectivity index (χ1n) is 5.74. The first-order valence-corrected chi connectivity index (χ1v) is 5.74. The van der Waals surface area contributed by atoms with Gasteiger partial charge in [0.2, 0.25) is 0 Å². The molecule has 1 aromatic carbocycles. The molecule has 0 radical (unpaired) electrons. The van der Waals surface area contributed by atoms with Crippen LogP contribution in [0.25, 0.3) is 11.3 Å². The van der Waals surface area contributed by atoms with E-state index in [1.807, 2.05) is 30.5 Å². The summed E-state index contributed by atoms with van der Waals surface area (Å²) < 4.78 is 0. The number of H-pyrrole nitrogens is 2. The second-order valence-corrected chi connectivity index (χ2v) is 3.94. The molecule has 0 saturated heterocycles. The Kier molecular flexibility index (Phi) is 2.79. The van der Waals surface area contributed by atoms with Gasteiger partial charge in [0.15, 0.2) is 0 Å². The quantitative estimate of drug-likeness (QED) is 0.654. The Labute approximate surface area is 104 Å². The Bertz CT molecular complexity index is 598. The monoisotopic (exact) mass is 239 g/mol. The lowest BCUT2D eigenvalue weighted by Crippen LogP contribution is -2.00. The summed E-state index contributed by atoms with van der Waals surface area (Å²) in [5, 5.41) is 10.2. The molecule has 0 spiro atoms. The van der Waals surface area contributed by atoms with Crippen LogP contribution in [0.2, 0.25) is 0 Å². The number of hydrogen-bond acceptors (Lipinski definition) is 3. The van der Waals surface area contributed by atoms with Crippen molar-refractivity contribution in [1.29, 1.82) is 0 Å². The van der Waals surface area contributed by atoms with Gasteiger partial charge in [0, 0.05) is 29.8 Å². The smallest absolute Gasteiger partial charge is 0.125 e. The highest BCUT2D eigenvalue weighted by Crippen LogP contribution is 2.20. The zero-order valence-corrected chi connectivity index (χ0v) is 9.72. The lowest BCUT2D eigenvalue weighted by Gasteiger charge is -2.06. The highest BCUT2D eigenvalue weighted by molar-refractivity contribution is 5.64. The normalized spacial score (nSPS) is 10.4. The first kappa shape index (κ1) is 10.6. The van der Waals surface area contributed by atoms with E-state index in [2.05, 4.69) is 31.5 Å². The van der Waals surface area contributed by atoms with E-state index in [0.717, 1.165) is 22.8 Å². The van der Waals surface area contributed by atoms with Gasteiger partial charge in [-0.1, -0.05) is 12.1 Å². The van der Waals surface area contributed by atoms with E-state index >= 15 is 0 Å². The van der Waals surface area contributed by atoms with Gasteiger partial charge in [0.1, 0.15) is 5.82 Å². The van der Waals surface area contributed by atoms with Crippen LogP contribution < -0.4 is 5.32 Å². The van der Waals surface area contributed by atoms with Crippen LogP contribution in [0, 0.1) is 0 Å². The van der Waals surface area contributed by atoms with Crippen molar-refractivity contribution in [2.45, 2.75) is 6.54 Å². The van der Waals surface area contributed by atoms with Crippen LogP contribution in [0.1, 0.15) is 5.82 Å². The molecule has 0 bridgehead atoms. The first-order chi connectivity index (χ1) is 8.92. The van der Waals surface area contributed by atoms with E-state index in [9.17, 15) is 0 Å². The molecule has 5 nitrogen and oxygen atoms in total. The number of aromatic amines is 2. The fourth-order valence-electron chi connectivity index (χ4n) is 1.79. The van der Waals surface area contributed by atoms with Crippen molar-refractivity contribution in [3.63, 3.8) is 0 Å². The van der Waals surface area contributed by atoms with Crippen LogP contribution >= 0.6 is 0 Å². The van der Waals surface area contributed by atoms with Crippen LogP contribution in [0.4, 0.5) is 5.69 Å². The molecule has 18 heavy (non-hydrogen) atoms. The fourth-order valence-corrected chi connectivity index (χ4v) is 1.79. The summed E-state index contributed by atoms with van der Waals surface area (Å²) in [7, 11) is 0. The number of benzene rings is 1. The summed E-state index contributed by atoms with van der Waals surface area (Å²) in [5.41, 5.74) is 3.17. The maximum Gasteiger partial charge on any atom is 0.125 e. The number of imidazole rings is 1. The van der Waals surface area contributed by atoms with Crippen molar-refractivity contribution in [3.8, 4) is 11.3 Å². The van der Waals surface area contributed by atoms with Crippen molar-refractivity contribution >= 4 is 5.69 Å². The molecule has 90 valence electrons. The third kappa shape index (κ3) is 2.24. The van der Waals surface area contributed by atoms with Gasteiger partial charge in [-0.05, 0) is 18.2 Å². The second-order valence-electron chi connectivity index (χ2n) is 3.94. The molecule has 3 rings (SSSR count). The van der Waals surface area contributed by atoms with Crippen molar-refractivity contribution < 1.29 is 0 Å². The van der Waals surface area contributed by atoms with E-state index in [-0.39, 0.29) is 0 Å². The summed E-state index contributed by atoms with van der Waals surface area (Å²) in [6.45, 7) is 0.680. The molecule has 0 aliphatic carbocycles. The predicted octanol–water partition coefficient (Wildman–Crippen LogP) is 2.41. The Balaban J connectivity index is 1.75. The molecule has 2 aromatic heterocycles. The standard InChI is InChI=1S/C13H13N5/c1-2-10(12-4-5-17-18-12)8-11(3-1)16-9-13-14-6-7-15-13/h1-8,16H,9H2,(H,14,15)(H,17,18). The highest BCUT2D eigenvalue weighted by atomic mass is 15.1. The second kappa shape index (κ2) is 4.75. The van der Waals surface area contributed by atoms with Crippen molar-refractivity contribution in [2.75, 3.05) is 5.32 Å². The molecule has 0 fully saturated rings. The minimum Gasteiger partial charge on any atom is -0.378 e. The van der Waals surface area contributed by atoms with Gasteiger partial charge in [-0.25, -0.2) is 4.98 Å². The third-order valence-electron chi connectivity index (χ3n) is 2.69. The van der Waals surface area contributed by atoms with Crippen molar-refractivity contribution in [2.24, 2.45) is 0 Å². The van der Waals surface area contributed by atoms with E-state index in [0.29, 0.717) is 6.54 Å². The Morgan fingerprint density at radius 1 is 1.17 bits per heavy atom. The number of nitrogens with zero attached hydrogens (tertiary/aromatic N) is 2. The number of anilines is 1. The molecule has 2 heterocycles. The highest BCUT2D eigenvalue weighted by Gasteiger charge is 2.00. The number of hydrogen-bond donors (Lipinski definition) is 3. The maximum atomic E-state index is 4.17. The lowest BCUT2D eigenvalue weighted by molar-refractivity contribution is 1.000. The van der Waals surface area contributed by atoms with Gasteiger partial charge >= 0.3 is 0 Å². The molecule has 3 aromatic rings. The summed E-state index contributed by atoms with van der Waals surface area (Å²) in [6.07, 6.45) is 5.31. The molecule has 3 N–H and O–H groups in total. The largest absolute Gasteiger partial charge is 0.378 e. The van der Waals surface area contributed by atoms with Crippen LogP contribution in [0.15, 0.2) is 48.9 Å². The van der Waals surface area contributed by atoms with E-state index in [1.54, 1.807) is 12.4 Å². The van der Waals surface area contributed by atoms with Crippen LogP contribution in [0.3, 0.4) is 0 Å². The lowest BCUT2D eigenvalue weighted by atomic mass is 10.1. The maximum absolute atomic E-state index is 4.17. The van der Waals surface area contributed by atoms with Crippen LogP contribution in [0.5, 0.6) is 0 Å². The summed E-state index contributed by atoms with van der Waals surface area (Å²) in [6, 6.07) is 10.1. The van der Waals surface area contributed by atoms with Crippen molar-refractivity contribution in [1.82, 2.24) is 20.2 Å². The topological polar surface area (TPSA) is 69.4 Å². The molecule has 5 heteroatoms. The minimum atomic E-state index is 0.680. The van der Waals surface area contributed by atoms with Crippen LogP contribution in [-0.2, 0) is 6.54 Å². The molecule has 0 aliphatic heterocycles. The molecular weight excluding hydrogens is 226 g/mol. The van der Waals surface area contributed by atoms with Gasteiger partial charge in [-0.3, -0.25) is 5.10 Å². The fraction of sp³-hybridized carbons (Fsp3) is 0.0769. The summed E-state index contributed by atoms with van der Waals surface area (Å²) >= 11 is 0. The summed E-state index contributed by atoms with van der Waals surface area (Å²) in [4.78, 5) is 7.23.